The minimum atomic E-state index is -1.20. The third-order valence-electron chi connectivity index (χ3n) is 3.45. The maximum absolute atomic E-state index is 13.7. The minimum Gasteiger partial charge on any atom is -0.478 e. The normalized spacial score (nSPS) is 11.0. The summed E-state index contributed by atoms with van der Waals surface area (Å²) >= 11 is 0. The molecule has 3 rings (SSSR count). The molecule has 122 valence electrons. The monoisotopic (exact) mass is 334 g/mol. The first kappa shape index (κ1) is 15.7. The van der Waals surface area contributed by atoms with Gasteiger partial charge >= 0.3 is 5.97 Å². The van der Waals surface area contributed by atoms with Gasteiger partial charge < -0.3 is 10.1 Å². The van der Waals surface area contributed by atoms with Gasteiger partial charge in [-0.05, 0) is 18.2 Å². The molecule has 0 aliphatic heterocycles. The van der Waals surface area contributed by atoms with Crippen LogP contribution in [-0.4, -0.2) is 21.0 Å². The summed E-state index contributed by atoms with van der Waals surface area (Å²) in [5.41, 5.74) is -1.02. The van der Waals surface area contributed by atoms with Crippen molar-refractivity contribution in [3.05, 3.63) is 75.1 Å². The molecule has 3 aromatic rings. The maximum Gasteiger partial charge on any atom is 0.335 e. The highest BCUT2D eigenvalue weighted by Crippen LogP contribution is 2.18. The van der Waals surface area contributed by atoms with Gasteiger partial charge in [-0.15, -0.1) is 0 Å². The highest BCUT2D eigenvalue weighted by molar-refractivity contribution is 5.92. The highest BCUT2D eigenvalue weighted by atomic mass is 19.1. The Balaban J connectivity index is 2.11. The molecule has 0 saturated carbocycles. The molecule has 2 N–H and O–H groups in total. The first-order valence-corrected chi connectivity index (χ1v) is 6.75. The van der Waals surface area contributed by atoms with Crippen LogP contribution in [0.2, 0.25) is 0 Å². The Labute approximate surface area is 132 Å². The maximum atomic E-state index is 13.7. The molecular formula is C16H9F3N2O3. The fourth-order valence-electron chi connectivity index (χ4n) is 2.31. The van der Waals surface area contributed by atoms with Crippen molar-refractivity contribution in [1.82, 2.24) is 9.97 Å². The molecule has 0 atom stereocenters. The van der Waals surface area contributed by atoms with E-state index in [0.717, 1.165) is 0 Å². The second kappa shape index (κ2) is 5.80. The van der Waals surface area contributed by atoms with Gasteiger partial charge in [0.1, 0.15) is 23.3 Å². The van der Waals surface area contributed by atoms with E-state index in [0.29, 0.717) is 12.1 Å². The summed E-state index contributed by atoms with van der Waals surface area (Å²) in [5.74, 6) is -4.53. The molecule has 0 amide bonds. The molecular weight excluding hydrogens is 325 g/mol. The molecule has 0 saturated heterocycles. The van der Waals surface area contributed by atoms with Crippen LogP contribution in [0.3, 0.4) is 0 Å². The number of rotatable bonds is 3. The lowest BCUT2D eigenvalue weighted by atomic mass is 10.1. The van der Waals surface area contributed by atoms with Crippen LogP contribution < -0.4 is 5.56 Å². The molecule has 2 aromatic carbocycles. The smallest absolute Gasteiger partial charge is 0.335 e. The van der Waals surface area contributed by atoms with E-state index >= 15 is 0 Å². The Morgan fingerprint density at radius 1 is 1.12 bits per heavy atom. The molecule has 8 heteroatoms. The van der Waals surface area contributed by atoms with E-state index in [4.69, 9.17) is 5.11 Å². The lowest BCUT2D eigenvalue weighted by molar-refractivity contribution is 0.0697. The second-order valence-electron chi connectivity index (χ2n) is 5.07. The van der Waals surface area contributed by atoms with Crippen LogP contribution in [0.5, 0.6) is 0 Å². The minimum absolute atomic E-state index is 0.0700. The molecule has 0 bridgehead atoms. The number of carbonyl (C=O) groups is 1. The van der Waals surface area contributed by atoms with Crippen LogP contribution in [-0.2, 0) is 6.42 Å². The van der Waals surface area contributed by atoms with E-state index in [1.807, 2.05) is 0 Å². The topological polar surface area (TPSA) is 83.0 Å². The van der Waals surface area contributed by atoms with Crippen molar-refractivity contribution < 1.29 is 23.1 Å². The van der Waals surface area contributed by atoms with Crippen LogP contribution in [0, 0.1) is 17.5 Å². The van der Waals surface area contributed by atoms with E-state index in [-0.39, 0.29) is 22.3 Å². The van der Waals surface area contributed by atoms with Crippen molar-refractivity contribution in [1.29, 1.82) is 0 Å². The summed E-state index contributed by atoms with van der Waals surface area (Å²) in [4.78, 5) is 29.4. The van der Waals surface area contributed by atoms with Gasteiger partial charge in [0, 0.05) is 24.1 Å². The standard InChI is InChI=1S/C16H9F3N2O3/c17-8-4-11(18)10(12(19)5-8)6-14-20-13-3-7(16(23)24)1-2-9(13)15(22)21-14/h1-5H,6H2,(H,23,24)(H,20,21,22). The zero-order valence-corrected chi connectivity index (χ0v) is 11.9. The van der Waals surface area contributed by atoms with Gasteiger partial charge in [-0.25, -0.2) is 22.9 Å². The number of fused-ring (bicyclic) bond motifs is 1. The van der Waals surface area contributed by atoms with Gasteiger partial charge in [0.05, 0.1) is 16.5 Å². The number of benzene rings is 2. The number of nitrogens with zero attached hydrogens (tertiary/aromatic N) is 1. The number of aromatic amines is 1. The second-order valence-corrected chi connectivity index (χ2v) is 5.07. The molecule has 0 radical (unpaired) electrons. The Morgan fingerprint density at radius 2 is 1.79 bits per heavy atom. The SMILES string of the molecule is O=C(O)c1ccc2c(=O)[nH]c(Cc3c(F)cc(F)cc3F)nc2c1. The molecule has 24 heavy (non-hydrogen) atoms. The van der Waals surface area contributed by atoms with Crippen molar-refractivity contribution in [3.8, 4) is 0 Å². The Morgan fingerprint density at radius 3 is 2.42 bits per heavy atom. The third kappa shape index (κ3) is 2.85. The van der Waals surface area contributed by atoms with E-state index in [1.165, 1.54) is 18.2 Å². The summed E-state index contributed by atoms with van der Waals surface area (Å²) in [6, 6.07) is 4.79. The van der Waals surface area contributed by atoms with E-state index in [2.05, 4.69) is 9.97 Å². The van der Waals surface area contributed by atoms with Crippen LogP contribution in [0.25, 0.3) is 10.9 Å². The predicted octanol–water partition coefficient (Wildman–Crippen LogP) is 2.63. The molecule has 0 aliphatic rings. The average molecular weight is 334 g/mol. The summed E-state index contributed by atoms with van der Waals surface area (Å²) < 4.78 is 40.3. The lowest BCUT2D eigenvalue weighted by Gasteiger charge is -2.06. The Bertz CT molecular complexity index is 1010. The van der Waals surface area contributed by atoms with Crippen molar-refractivity contribution in [2.75, 3.05) is 0 Å². The van der Waals surface area contributed by atoms with Gasteiger partial charge in [0.15, 0.2) is 0 Å². The zero-order valence-electron chi connectivity index (χ0n) is 11.9. The first-order chi connectivity index (χ1) is 11.3. The van der Waals surface area contributed by atoms with E-state index in [9.17, 15) is 22.8 Å². The molecule has 0 spiro atoms. The number of aromatic carboxylic acids is 1. The van der Waals surface area contributed by atoms with Gasteiger partial charge in [-0.3, -0.25) is 4.79 Å². The number of H-pyrrole nitrogens is 1. The third-order valence-corrected chi connectivity index (χ3v) is 3.45. The first-order valence-electron chi connectivity index (χ1n) is 6.75. The number of carboxylic acid groups (broad SMARTS) is 1. The highest BCUT2D eigenvalue weighted by Gasteiger charge is 2.15. The number of hydrogen-bond acceptors (Lipinski definition) is 3. The van der Waals surface area contributed by atoms with E-state index < -0.39 is 41.0 Å². The van der Waals surface area contributed by atoms with Gasteiger partial charge in [-0.2, -0.15) is 0 Å². The fourth-order valence-corrected chi connectivity index (χ4v) is 2.31. The molecule has 0 unspecified atom stereocenters. The quantitative estimate of drug-likeness (QED) is 0.771. The van der Waals surface area contributed by atoms with E-state index in [1.54, 1.807) is 0 Å². The summed E-state index contributed by atoms with van der Waals surface area (Å²) in [6.07, 6.45) is -0.416. The Hall–Kier alpha value is -3.16. The number of halogens is 3. The van der Waals surface area contributed by atoms with Crippen molar-refractivity contribution in [3.63, 3.8) is 0 Å². The average Bonchev–Trinajstić information content (AvgIpc) is 2.50. The molecule has 5 nitrogen and oxygen atoms in total. The summed E-state index contributed by atoms with van der Waals surface area (Å²) in [7, 11) is 0. The summed E-state index contributed by atoms with van der Waals surface area (Å²) in [5, 5.41) is 9.11. The van der Waals surface area contributed by atoms with Crippen molar-refractivity contribution >= 4 is 16.9 Å². The predicted molar refractivity (Wildman–Crippen MR) is 78.4 cm³/mol. The lowest BCUT2D eigenvalue weighted by Crippen LogP contribution is -2.14. The summed E-state index contributed by atoms with van der Waals surface area (Å²) in [6.45, 7) is 0. The molecule has 0 aliphatic carbocycles. The van der Waals surface area contributed by atoms with Gasteiger partial charge in [0.2, 0.25) is 0 Å². The number of carboxylic acids is 1. The number of aromatic nitrogens is 2. The van der Waals surface area contributed by atoms with Gasteiger partial charge in [-0.1, -0.05) is 0 Å². The van der Waals surface area contributed by atoms with Crippen LogP contribution >= 0.6 is 0 Å². The molecule has 0 fully saturated rings. The number of hydrogen-bond donors (Lipinski definition) is 2. The van der Waals surface area contributed by atoms with Gasteiger partial charge in [0.25, 0.3) is 5.56 Å². The van der Waals surface area contributed by atoms with Crippen LogP contribution in [0.1, 0.15) is 21.7 Å². The largest absolute Gasteiger partial charge is 0.478 e. The van der Waals surface area contributed by atoms with Crippen molar-refractivity contribution in [2.45, 2.75) is 6.42 Å². The number of nitrogens with one attached hydrogen (secondary N) is 1. The zero-order chi connectivity index (χ0) is 17.4. The fraction of sp³-hybridized carbons (Fsp3) is 0.0625. The van der Waals surface area contributed by atoms with Crippen molar-refractivity contribution in [2.24, 2.45) is 0 Å². The molecule has 1 aromatic heterocycles. The van der Waals surface area contributed by atoms with Crippen LogP contribution in [0.15, 0.2) is 35.1 Å². The Kier molecular flexibility index (Phi) is 3.80. The van der Waals surface area contributed by atoms with Crippen LogP contribution in [0.4, 0.5) is 13.2 Å². The molecule has 1 heterocycles.